The molecule has 1 fully saturated rings. The largest absolute Gasteiger partial charge is 0.325 e. The highest BCUT2D eigenvalue weighted by atomic mass is 32.2. The number of nitrogens with one attached hydrogen (secondary N) is 1. The summed E-state index contributed by atoms with van der Waals surface area (Å²) in [6.07, 6.45) is 1.72. The van der Waals surface area contributed by atoms with Crippen LogP contribution in [0.3, 0.4) is 0 Å². The molecule has 0 saturated carbocycles. The second-order valence-corrected chi connectivity index (χ2v) is 7.45. The summed E-state index contributed by atoms with van der Waals surface area (Å²) in [6.45, 7) is 6.85. The predicted octanol–water partition coefficient (Wildman–Crippen LogP) is 0.282. The number of aromatic amines is 1. The van der Waals surface area contributed by atoms with Gasteiger partial charge in [-0.1, -0.05) is 6.92 Å². The number of piperidine rings is 1. The van der Waals surface area contributed by atoms with Crippen molar-refractivity contribution in [2.24, 2.45) is 5.73 Å². The molecular formula is C13H25N5O2S. The van der Waals surface area contributed by atoms with E-state index in [1.165, 1.54) is 4.31 Å². The minimum absolute atomic E-state index is 0.0396. The lowest BCUT2D eigenvalue weighted by atomic mass is 10.1. The first-order chi connectivity index (χ1) is 9.91. The molecule has 0 aromatic carbocycles. The molecule has 1 aliphatic heterocycles. The van der Waals surface area contributed by atoms with Gasteiger partial charge in [0.15, 0.2) is 0 Å². The van der Waals surface area contributed by atoms with Gasteiger partial charge in [-0.15, -0.1) is 0 Å². The van der Waals surface area contributed by atoms with E-state index >= 15 is 0 Å². The first kappa shape index (κ1) is 16.4. The van der Waals surface area contributed by atoms with Crippen LogP contribution in [-0.2, 0) is 16.6 Å². The van der Waals surface area contributed by atoms with Gasteiger partial charge in [-0.2, -0.15) is 9.40 Å². The first-order valence-electron chi connectivity index (χ1n) is 7.36. The van der Waals surface area contributed by atoms with Gasteiger partial charge >= 0.3 is 0 Å². The molecule has 1 aromatic heterocycles. The summed E-state index contributed by atoms with van der Waals surface area (Å²) in [7, 11) is -1.89. The van der Waals surface area contributed by atoms with E-state index in [4.69, 9.17) is 5.73 Å². The van der Waals surface area contributed by atoms with E-state index in [2.05, 4.69) is 22.0 Å². The van der Waals surface area contributed by atoms with E-state index in [0.717, 1.165) is 32.5 Å². The maximum absolute atomic E-state index is 12.8. The molecule has 3 N–H and O–H groups in total. The van der Waals surface area contributed by atoms with Gasteiger partial charge in [-0.3, -0.25) is 5.10 Å². The molecule has 0 aliphatic carbocycles. The van der Waals surface area contributed by atoms with Gasteiger partial charge in [0.05, 0.1) is 11.4 Å². The Labute approximate surface area is 126 Å². The number of hydrogen-bond acceptors (Lipinski definition) is 5. The number of nitrogens with two attached hydrogens (primary N) is 1. The van der Waals surface area contributed by atoms with Crippen LogP contribution in [0.1, 0.15) is 31.2 Å². The summed E-state index contributed by atoms with van der Waals surface area (Å²) in [5, 5.41) is 6.71. The second kappa shape index (κ2) is 6.43. The van der Waals surface area contributed by atoms with E-state index in [0.29, 0.717) is 11.4 Å². The van der Waals surface area contributed by atoms with Gasteiger partial charge in [-0.25, -0.2) is 8.42 Å². The Morgan fingerprint density at radius 1 is 1.43 bits per heavy atom. The smallest absolute Gasteiger partial charge is 0.246 e. The summed E-state index contributed by atoms with van der Waals surface area (Å²) in [4.78, 5) is 2.58. The Kier molecular flexibility index (Phi) is 5.03. The van der Waals surface area contributed by atoms with Crippen molar-refractivity contribution in [1.29, 1.82) is 0 Å². The van der Waals surface area contributed by atoms with Crippen molar-refractivity contribution >= 4 is 10.0 Å². The molecule has 2 rings (SSSR count). The van der Waals surface area contributed by atoms with Crippen molar-refractivity contribution < 1.29 is 8.42 Å². The summed E-state index contributed by atoms with van der Waals surface area (Å²) in [5.74, 6) is 0. The van der Waals surface area contributed by atoms with Crippen molar-refractivity contribution in [2.45, 2.75) is 44.2 Å². The fraction of sp³-hybridized carbons (Fsp3) is 0.769. The number of aromatic nitrogens is 2. The number of sulfonamides is 1. The Balaban J connectivity index is 2.21. The van der Waals surface area contributed by atoms with Crippen LogP contribution in [-0.4, -0.2) is 60.5 Å². The average molecular weight is 315 g/mol. The van der Waals surface area contributed by atoms with E-state index in [-0.39, 0.29) is 17.5 Å². The van der Waals surface area contributed by atoms with Crippen LogP contribution < -0.4 is 5.73 Å². The van der Waals surface area contributed by atoms with E-state index in [1.54, 1.807) is 14.0 Å². The normalized spacial score (nSPS) is 18.5. The topological polar surface area (TPSA) is 95.3 Å². The third-order valence-corrected chi connectivity index (χ3v) is 6.42. The number of rotatable bonds is 5. The molecule has 8 heteroatoms. The third-order valence-electron chi connectivity index (χ3n) is 4.31. The molecule has 120 valence electrons. The average Bonchev–Trinajstić information content (AvgIpc) is 2.88. The highest BCUT2D eigenvalue weighted by Crippen LogP contribution is 2.26. The van der Waals surface area contributed by atoms with Crippen LogP contribution in [0.2, 0.25) is 0 Å². The number of nitrogens with zero attached hydrogens (tertiary/aromatic N) is 3. The van der Waals surface area contributed by atoms with Gasteiger partial charge in [0, 0.05) is 19.6 Å². The molecule has 0 spiro atoms. The lowest BCUT2D eigenvalue weighted by molar-refractivity contribution is 0.176. The van der Waals surface area contributed by atoms with Crippen LogP contribution in [0.4, 0.5) is 0 Å². The molecule has 1 aliphatic rings. The van der Waals surface area contributed by atoms with Crippen LogP contribution in [0.25, 0.3) is 0 Å². The molecule has 7 nitrogen and oxygen atoms in total. The van der Waals surface area contributed by atoms with E-state index in [1.807, 2.05) is 0 Å². The molecule has 0 atom stereocenters. The van der Waals surface area contributed by atoms with Crippen LogP contribution in [0.15, 0.2) is 4.90 Å². The maximum atomic E-state index is 12.8. The van der Waals surface area contributed by atoms with Crippen molar-refractivity contribution in [3.8, 4) is 0 Å². The molecule has 1 aromatic rings. The molecule has 0 unspecified atom stereocenters. The zero-order valence-corrected chi connectivity index (χ0v) is 13.8. The molecule has 21 heavy (non-hydrogen) atoms. The van der Waals surface area contributed by atoms with Crippen LogP contribution >= 0.6 is 0 Å². The summed E-state index contributed by atoms with van der Waals surface area (Å²) < 4.78 is 27.2. The van der Waals surface area contributed by atoms with Crippen LogP contribution in [0, 0.1) is 6.92 Å². The molecule has 0 amide bonds. The first-order valence-corrected chi connectivity index (χ1v) is 8.80. The SMILES string of the molecule is CCN1CCC(N(C)S(=O)(=O)c2c(CN)n[nH]c2C)CC1. The zero-order valence-electron chi connectivity index (χ0n) is 13.0. The van der Waals surface area contributed by atoms with E-state index < -0.39 is 10.0 Å². The van der Waals surface area contributed by atoms with Crippen molar-refractivity contribution in [2.75, 3.05) is 26.7 Å². The van der Waals surface area contributed by atoms with E-state index in [9.17, 15) is 8.42 Å². The standard InChI is InChI=1S/C13H25N5O2S/c1-4-18-7-5-11(6-8-18)17(3)21(19,20)13-10(2)15-16-12(13)9-14/h11H,4-9,14H2,1-3H3,(H,15,16). The number of aryl methyl sites for hydroxylation is 1. The summed E-state index contributed by atoms with van der Waals surface area (Å²) in [6, 6.07) is 0.0396. The highest BCUT2D eigenvalue weighted by Gasteiger charge is 2.34. The molecule has 0 bridgehead atoms. The lowest BCUT2D eigenvalue weighted by Gasteiger charge is -2.35. The zero-order chi connectivity index (χ0) is 15.6. The van der Waals surface area contributed by atoms with Crippen molar-refractivity contribution in [3.63, 3.8) is 0 Å². The van der Waals surface area contributed by atoms with Gasteiger partial charge in [0.25, 0.3) is 0 Å². The summed E-state index contributed by atoms with van der Waals surface area (Å²) in [5.41, 5.74) is 6.56. The van der Waals surface area contributed by atoms with Gasteiger partial charge in [-0.05, 0) is 39.4 Å². The Bertz CT molecular complexity index is 575. The molecule has 1 saturated heterocycles. The van der Waals surface area contributed by atoms with Gasteiger partial charge in [0.1, 0.15) is 4.90 Å². The Morgan fingerprint density at radius 3 is 2.57 bits per heavy atom. The Hall–Kier alpha value is -0.960. The molecule has 2 heterocycles. The predicted molar refractivity (Wildman–Crippen MR) is 81.3 cm³/mol. The number of hydrogen-bond donors (Lipinski definition) is 2. The van der Waals surface area contributed by atoms with Gasteiger partial charge in [0.2, 0.25) is 10.0 Å². The van der Waals surface area contributed by atoms with Crippen molar-refractivity contribution in [3.05, 3.63) is 11.4 Å². The van der Waals surface area contributed by atoms with Gasteiger partial charge < -0.3 is 10.6 Å². The number of H-pyrrole nitrogens is 1. The minimum atomic E-state index is -3.55. The van der Waals surface area contributed by atoms with Crippen LogP contribution in [0.5, 0.6) is 0 Å². The molecule has 0 radical (unpaired) electrons. The quantitative estimate of drug-likeness (QED) is 0.814. The monoisotopic (exact) mass is 315 g/mol. The maximum Gasteiger partial charge on any atom is 0.246 e. The summed E-state index contributed by atoms with van der Waals surface area (Å²) >= 11 is 0. The second-order valence-electron chi connectivity index (χ2n) is 5.52. The third kappa shape index (κ3) is 3.13. The fourth-order valence-electron chi connectivity index (χ4n) is 2.89. The Morgan fingerprint density at radius 2 is 2.05 bits per heavy atom. The fourth-order valence-corrected chi connectivity index (χ4v) is 4.64. The highest BCUT2D eigenvalue weighted by molar-refractivity contribution is 7.89. The molecular weight excluding hydrogens is 290 g/mol. The van der Waals surface area contributed by atoms with Crippen molar-refractivity contribution in [1.82, 2.24) is 19.4 Å². The minimum Gasteiger partial charge on any atom is -0.325 e. The lowest BCUT2D eigenvalue weighted by Crippen LogP contribution is -2.45. The number of likely N-dealkylation sites (tertiary alicyclic amines) is 1.